The molecule has 1 saturated carbocycles. The van der Waals surface area contributed by atoms with Crippen LogP contribution in [0.2, 0.25) is 5.02 Å². The smallest absolute Gasteiger partial charge is 0.330 e. The van der Waals surface area contributed by atoms with E-state index in [4.69, 9.17) is 11.6 Å². The summed E-state index contributed by atoms with van der Waals surface area (Å²) in [7, 11) is 0. The number of aryl methyl sites for hydroxylation is 1. The number of carboxylic acids is 1. The van der Waals surface area contributed by atoms with Crippen LogP contribution in [-0.4, -0.2) is 21.6 Å². The summed E-state index contributed by atoms with van der Waals surface area (Å²) >= 11 is 5.93. The zero-order valence-electron chi connectivity index (χ0n) is 19.5. The first-order chi connectivity index (χ1) is 16.4. The minimum Gasteiger partial charge on any atom is -0.479 e. The van der Waals surface area contributed by atoms with Crippen LogP contribution in [0.3, 0.4) is 0 Å². The maximum absolute atomic E-state index is 13.6. The molecule has 34 heavy (non-hydrogen) atoms. The Morgan fingerprint density at radius 1 is 1.00 bits per heavy atom. The van der Waals surface area contributed by atoms with Crippen LogP contribution in [0, 0.1) is 5.92 Å². The van der Waals surface area contributed by atoms with Crippen molar-refractivity contribution in [2.75, 3.05) is 0 Å². The number of halogens is 1. The van der Waals surface area contributed by atoms with Crippen molar-refractivity contribution in [2.45, 2.75) is 83.2 Å². The Morgan fingerprint density at radius 3 is 2.32 bits per heavy atom. The van der Waals surface area contributed by atoms with Crippen LogP contribution < -0.4 is 10.9 Å². The Balaban J connectivity index is 1.69. The second kappa shape index (κ2) is 11.2. The summed E-state index contributed by atoms with van der Waals surface area (Å²) in [5.74, 6) is -1.39. The fourth-order valence-electron chi connectivity index (χ4n) is 5.37. The molecule has 0 spiro atoms. The van der Waals surface area contributed by atoms with E-state index in [2.05, 4.69) is 5.32 Å². The van der Waals surface area contributed by atoms with Gasteiger partial charge >= 0.3 is 5.97 Å². The average Bonchev–Trinajstić information content (AvgIpc) is 2.81. The topological polar surface area (TPSA) is 88.4 Å². The lowest BCUT2D eigenvalue weighted by Crippen LogP contribution is -2.40. The van der Waals surface area contributed by atoms with Crippen molar-refractivity contribution in [3.05, 3.63) is 68.1 Å². The van der Waals surface area contributed by atoms with E-state index in [1.54, 1.807) is 30.3 Å². The molecule has 1 heterocycles. The van der Waals surface area contributed by atoms with Gasteiger partial charge in [0.05, 0.1) is 0 Å². The number of hydrogen-bond acceptors (Lipinski definition) is 3. The number of hydrogen-bond donors (Lipinski definition) is 2. The van der Waals surface area contributed by atoms with Crippen molar-refractivity contribution in [2.24, 2.45) is 5.92 Å². The maximum atomic E-state index is 13.6. The largest absolute Gasteiger partial charge is 0.479 e. The standard InChI is InChI=1S/C27H33ClN2O4/c28-21-14-12-19(13-15-21)24(27(33)34)29-25(31)22-16-20-10-6-1-2-7-11-23(20)30(26(22)32)17-18-8-4-3-5-9-18/h12-16,18,24H,1-11,17H2,(H,29,31)(H,33,34). The van der Waals surface area contributed by atoms with Gasteiger partial charge in [0.1, 0.15) is 5.56 Å². The Morgan fingerprint density at radius 2 is 1.65 bits per heavy atom. The highest BCUT2D eigenvalue weighted by Crippen LogP contribution is 2.27. The first-order valence-electron chi connectivity index (χ1n) is 12.5. The molecule has 1 aromatic heterocycles. The summed E-state index contributed by atoms with van der Waals surface area (Å²) in [6, 6.07) is 6.77. The van der Waals surface area contributed by atoms with Crippen LogP contribution in [0.25, 0.3) is 0 Å². The summed E-state index contributed by atoms with van der Waals surface area (Å²) in [6.07, 6.45) is 11.9. The van der Waals surface area contributed by atoms with Gasteiger partial charge < -0.3 is 15.0 Å². The number of carboxylic acid groups (broad SMARTS) is 1. The number of carbonyl (C=O) groups excluding carboxylic acids is 1. The number of nitrogens with zero attached hydrogens (tertiary/aromatic N) is 1. The van der Waals surface area contributed by atoms with Gasteiger partial charge in [0.15, 0.2) is 6.04 Å². The number of nitrogens with one attached hydrogen (secondary N) is 1. The third-order valence-electron chi connectivity index (χ3n) is 7.24. The molecule has 1 fully saturated rings. The SMILES string of the molecule is O=C(NC(C(=O)O)c1ccc(Cl)cc1)c1cc2c(n(CC3CCCCC3)c1=O)CCCCCC2. The molecule has 4 rings (SSSR count). The Labute approximate surface area is 205 Å². The van der Waals surface area contributed by atoms with E-state index in [-0.39, 0.29) is 11.1 Å². The molecule has 2 aromatic rings. The van der Waals surface area contributed by atoms with Crippen molar-refractivity contribution < 1.29 is 14.7 Å². The Hall–Kier alpha value is -2.60. The van der Waals surface area contributed by atoms with Crippen LogP contribution in [-0.2, 0) is 24.2 Å². The van der Waals surface area contributed by atoms with Crippen LogP contribution in [0.15, 0.2) is 35.1 Å². The summed E-state index contributed by atoms with van der Waals surface area (Å²) in [6.45, 7) is 0.641. The molecule has 2 aliphatic carbocycles. The van der Waals surface area contributed by atoms with Crippen molar-refractivity contribution in [1.82, 2.24) is 9.88 Å². The van der Waals surface area contributed by atoms with Crippen LogP contribution in [0.5, 0.6) is 0 Å². The highest BCUT2D eigenvalue weighted by atomic mass is 35.5. The number of rotatable bonds is 6. The lowest BCUT2D eigenvalue weighted by atomic mass is 9.88. The van der Waals surface area contributed by atoms with Crippen LogP contribution in [0.1, 0.15) is 91.0 Å². The molecule has 0 radical (unpaired) electrons. The van der Waals surface area contributed by atoms with E-state index in [9.17, 15) is 19.5 Å². The predicted molar refractivity (Wildman–Crippen MR) is 132 cm³/mol. The quantitative estimate of drug-likeness (QED) is 0.582. The third kappa shape index (κ3) is 5.72. The first kappa shape index (κ1) is 24.5. The number of amides is 1. The number of carbonyl (C=O) groups is 2. The van der Waals surface area contributed by atoms with Gasteiger partial charge in [-0.15, -0.1) is 0 Å². The predicted octanol–water partition coefficient (Wildman–Crippen LogP) is 5.30. The van der Waals surface area contributed by atoms with Gasteiger partial charge in [-0.1, -0.05) is 55.8 Å². The molecule has 182 valence electrons. The highest BCUT2D eigenvalue weighted by Gasteiger charge is 2.27. The second-order valence-corrected chi connectivity index (χ2v) is 10.1. The van der Waals surface area contributed by atoms with Gasteiger partial charge in [-0.05, 0) is 73.8 Å². The van der Waals surface area contributed by atoms with Gasteiger partial charge in [0.25, 0.3) is 11.5 Å². The summed E-state index contributed by atoms with van der Waals surface area (Å²) in [4.78, 5) is 38.9. The van der Waals surface area contributed by atoms with E-state index in [1.807, 2.05) is 4.57 Å². The molecule has 6 nitrogen and oxygen atoms in total. The number of aromatic nitrogens is 1. The minimum atomic E-state index is -1.27. The molecular formula is C27H33ClN2O4. The normalized spacial score (nSPS) is 17.8. The molecule has 1 aromatic carbocycles. The average molecular weight is 485 g/mol. The fraction of sp³-hybridized carbons (Fsp3) is 0.519. The molecule has 1 atom stereocenters. The van der Waals surface area contributed by atoms with Gasteiger partial charge in [0.2, 0.25) is 0 Å². The number of fused-ring (bicyclic) bond motifs is 1. The highest BCUT2D eigenvalue weighted by molar-refractivity contribution is 6.30. The zero-order valence-corrected chi connectivity index (χ0v) is 20.3. The summed E-state index contributed by atoms with van der Waals surface area (Å²) < 4.78 is 1.85. The lowest BCUT2D eigenvalue weighted by molar-refractivity contribution is -0.139. The fourth-order valence-corrected chi connectivity index (χ4v) is 5.50. The van der Waals surface area contributed by atoms with Crippen molar-refractivity contribution in [3.63, 3.8) is 0 Å². The molecule has 2 aliphatic rings. The summed E-state index contributed by atoms with van der Waals surface area (Å²) in [5.41, 5.74) is 2.26. The number of pyridine rings is 1. The Kier molecular flexibility index (Phi) is 8.09. The Bertz CT molecular complexity index is 1090. The monoisotopic (exact) mass is 484 g/mol. The minimum absolute atomic E-state index is 0.0374. The van der Waals surface area contributed by atoms with Crippen LogP contribution >= 0.6 is 11.6 Å². The van der Waals surface area contributed by atoms with Crippen molar-refractivity contribution in [3.8, 4) is 0 Å². The van der Waals surface area contributed by atoms with Gasteiger partial charge in [-0.2, -0.15) is 0 Å². The number of benzene rings is 1. The van der Waals surface area contributed by atoms with Gasteiger partial charge in [-0.3, -0.25) is 9.59 Å². The van der Waals surface area contributed by atoms with Crippen molar-refractivity contribution in [1.29, 1.82) is 0 Å². The van der Waals surface area contributed by atoms with Crippen LogP contribution in [0.4, 0.5) is 0 Å². The maximum Gasteiger partial charge on any atom is 0.330 e. The van der Waals surface area contributed by atoms with Gasteiger partial charge in [0, 0.05) is 17.3 Å². The van der Waals surface area contributed by atoms with Gasteiger partial charge in [-0.25, -0.2) is 4.79 Å². The van der Waals surface area contributed by atoms with E-state index in [0.717, 1.165) is 62.6 Å². The molecule has 0 saturated heterocycles. The zero-order chi connectivity index (χ0) is 24.1. The van der Waals surface area contributed by atoms with E-state index in [1.165, 1.54) is 19.3 Å². The summed E-state index contributed by atoms with van der Waals surface area (Å²) in [5, 5.41) is 12.8. The second-order valence-electron chi connectivity index (χ2n) is 9.66. The molecule has 2 N–H and O–H groups in total. The van der Waals surface area contributed by atoms with E-state index < -0.39 is 17.9 Å². The van der Waals surface area contributed by atoms with E-state index >= 15 is 0 Å². The molecule has 0 bridgehead atoms. The number of aliphatic carboxylic acids is 1. The molecule has 1 amide bonds. The van der Waals surface area contributed by atoms with Crippen molar-refractivity contribution >= 4 is 23.5 Å². The first-order valence-corrected chi connectivity index (χ1v) is 12.9. The molecule has 7 heteroatoms. The molecule has 0 aliphatic heterocycles. The van der Waals surface area contributed by atoms with E-state index in [0.29, 0.717) is 23.0 Å². The lowest BCUT2D eigenvalue weighted by Gasteiger charge is -2.27. The third-order valence-corrected chi connectivity index (χ3v) is 7.49. The molecular weight excluding hydrogens is 452 g/mol. The molecule has 1 unspecified atom stereocenters.